The van der Waals surface area contributed by atoms with Crippen LogP contribution in [0.3, 0.4) is 0 Å². The summed E-state index contributed by atoms with van der Waals surface area (Å²) in [6.07, 6.45) is 0. The highest BCUT2D eigenvalue weighted by Gasteiger charge is 2.09. The highest BCUT2D eigenvalue weighted by Crippen LogP contribution is 2.12. The topological polar surface area (TPSA) is 55.1 Å². The van der Waals surface area contributed by atoms with Gasteiger partial charge in [-0.15, -0.1) is 0 Å². The number of hydrogen-bond acceptors (Lipinski definition) is 2. The van der Waals surface area contributed by atoms with Crippen molar-refractivity contribution >= 4 is 5.91 Å². The summed E-state index contributed by atoms with van der Waals surface area (Å²) in [4.78, 5) is 11.0. The summed E-state index contributed by atoms with van der Waals surface area (Å²) in [6, 6.07) is 4.19. The lowest BCUT2D eigenvalue weighted by Crippen LogP contribution is -2.24. The Balaban J connectivity index is 2.61. The van der Waals surface area contributed by atoms with Gasteiger partial charge in [-0.25, -0.2) is 4.39 Å². The molecule has 1 unspecified atom stereocenters. The third-order valence-corrected chi connectivity index (χ3v) is 3.25. The van der Waals surface area contributed by atoms with Crippen LogP contribution in [0.25, 0.3) is 0 Å². The first-order valence-electron chi connectivity index (χ1n) is 6.20. The summed E-state index contributed by atoms with van der Waals surface area (Å²) in [5.41, 5.74) is 5.98. The van der Waals surface area contributed by atoms with Crippen molar-refractivity contribution in [1.82, 2.24) is 5.32 Å². The van der Waals surface area contributed by atoms with Crippen molar-refractivity contribution in [3.8, 4) is 0 Å². The Hall–Kier alpha value is -1.42. The maximum Gasteiger partial charge on any atom is 0.248 e. The summed E-state index contributed by atoms with van der Waals surface area (Å²) in [7, 11) is 0. The lowest BCUT2D eigenvalue weighted by atomic mass is 9.98. The molecule has 1 rings (SSSR count). The molecule has 0 heterocycles. The van der Waals surface area contributed by atoms with E-state index in [1.54, 1.807) is 0 Å². The monoisotopic (exact) mass is 252 g/mol. The Morgan fingerprint density at radius 3 is 2.61 bits per heavy atom. The number of nitrogens with one attached hydrogen (secondary N) is 1. The molecule has 1 aromatic carbocycles. The van der Waals surface area contributed by atoms with Crippen molar-refractivity contribution in [3.63, 3.8) is 0 Å². The minimum absolute atomic E-state index is 0.315. The van der Waals surface area contributed by atoms with Gasteiger partial charge in [0.1, 0.15) is 5.82 Å². The van der Waals surface area contributed by atoms with Gasteiger partial charge in [0.05, 0.1) is 0 Å². The number of rotatable bonds is 6. The Morgan fingerprint density at radius 1 is 1.39 bits per heavy atom. The molecule has 4 heteroatoms. The standard InChI is InChI=1S/C14H21FN2O/c1-9(2)10(3)7-17-8-12-6-11(14(16)18)4-5-13(12)15/h4-6,9-10,17H,7-8H2,1-3H3,(H2,16,18). The molecule has 0 aliphatic carbocycles. The quantitative estimate of drug-likeness (QED) is 0.816. The van der Waals surface area contributed by atoms with Crippen LogP contribution >= 0.6 is 0 Å². The van der Waals surface area contributed by atoms with Crippen LogP contribution in [0.1, 0.15) is 36.7 Å². The molecule has 18 heavy (non-hydrogen) atoms. The SMILES string of the molecule is CC(C)C(C)CNCc1cc(C(N)=O)ccc1F. The van der Waals surface area contributed by atoms with Crippen molar-refractivity contribution in [3.05, 3.63) is 35.1 Å². The number of carbonyl (C=O) groups excluding carboxylic acids is 1. The van der Waals surface area contributed by atoms with Gasteiger partial charge in [0.2, 0.25) is 5.91 Å². The molecule has 1 aromatic rings. The number of carbonyl (C=O) groups is 1. The first-order chi connectivity index (χ1) is 8.41. The molecular weight excluding hydrogens is 231 g/mol. The summed E-state index contributed by atoms with van der Waals surface area (Å²) >= 11 is 0. The Kier molecular flexibility index (Phi) is 5.28. The fourth-order valence-electron chi connectivity index (χ4n) is 1.53. The van der Waals surface area contributed by atoms with E-state index in [4.69, 9.17) is 5.73 Å². The minimum atomic E-state index is -0.535. The van der Waals surface area contributed by atoms with E-state index in [0.29, 0.717) is 29.5 Å². The van der Waals surface area contributed by atoms with Crippen LogP contribution in [0.2, 0.25) is 0 Å². The fraction of sp³-hybridized carbons (Fsp3) is 0.500. The van der Waals surface area contributed by atoms with Crippen molar-refractivity contribution in [2.45, 2.75) is 27.3 Å². The van der Waals surface area contributed by atoms with Crippen LogP contribution in [0, 0.1) is 17.7 Å². The van der Waals surface area contributed by atoms with E-state index in [2.05, 4.69) is 26.1 Å². The molecule has 0 aromatic heterocycles. The Bertz CT molecular complexity index is 418. The molecular formula is C14H21FN2O. The average molecular weight is 252 g/mol. The normalized spacial score (nSPS) is 12.7. The van der Waals surface area contributed by atoms with E-state index in [0.717, 1.165) is 6.54 Å². The molecule has 1 amide bonds. The van der Waals surface area contributed by atoms with E-state index in [9.17, 15) is 9.18 Å². The van der Waals surface area contributed by atoms with Crippen LogP contribution in [-0.2, 0) is 6.54 Å². The molecule has 3 N–H and O–H groups in total. The van der Waals surface area contributed by atoms with E-state index < -0.39 is 5.91 Å². The first-order valence-corrected chi connectivity index (χ1v) is 6.20. The summed E-state index contributed by atoms with van der Waals surface area (Å²) < 4.78 is 13.5. The number of nitrogens with two attached hydrogens (primary N) is 1. The number of halogens is 1. The molecule has 0 saturated heterocycles. The van der Waals surface area contributed by atoms with Gasteiger partial charge in [-0.2, -0.15) is 0 Å². The molecule has 0 radical (unpaired) electrons. The largest absolute Gasteiger partial charge is 0.366 e. The maximum absolute atomic E-state index is 13.5. The van der Waals surface area contributed by atoms with Crippen molar-refractivity contribution in [1.29, 1.82) is 0 Å². The zero-order valence-corrected chi connectivity index (χ0v) is 11.2. The van der Waals surface area contributed by atoms with Gasteiger partial charge >= 0.3 is 0 Å². The molecule has 0 spiro atoms. The zero-order valence-electron chi connectivity index (χ0n) is 11.2. The summed E-state index contributed by atoms with van der Waals surface area (Å²) in [6.45, 7) is 7.68. The van der Waals surface area contributed by atoms with Crippen LogP contribution < -0.4 is 11.1 Å². The fourth-order valence-corrected chi connectivity index (χ4v) is 1.53. The van der Waals surface area contributed by atoms with E-state index in [1.807, 2.05) is 0 Å². The average Bonchev–Trinajstić information content (AvgIpc) is 2.30. The molecule has 100 valence electrons. The second-order valence-corrected chi connectivity index (χ2v) is 5.02. The molecule has 1 atom stereocenters. The van der Waals surface area contributed by atoms with Gasteiger partial charge in [0.15, 0.2) is 0 Å². The highest BCUT2D eigenvalue weighted by molar-refractivity contribution is 5.92. The van der Waals surface area contributed by atoms with Gasteiger partial charge in [-0.05, 0) is 36.6 Å². The van der Waals surface area contributed by atoms with Gasteiger partial charge in [0.25, 0.3) is 0 Å². The van der Waals surface area contributed by atoms with Crippen molar-refractivity contribution < 1.29 is 9.18 Å². The summed E-state index contributed by atoms with van der Waals surface area (Å²) in [5.74, 6) is 0.253. The summed E-state index contributed by atoms with van der Waals surface area (Å²) in [5, 5.41) is 3.20. The molecule has 0 saturated carbocycles. The van der Waals surface area contributed by atoms with Crippen LogP contribution in [0.5, 0.6) is 0 Å². The van der Waals surface area contributed by atoms with Crippen molar-refractivity contribution in [2.24, 2.45) is 17.6 Å². The second-order valence-electron chi connectivity index (χ2n) is 5.02. The molecule has 0 aliphatic rings. The third-order valence-electron chi connectivity index (χ3n) is 3.25. The molecule has 3 nitrogen and oxygen atoms in total. The van der Waals surface area contributed by atoms with E-state index >= 15 is 0 Å². The third kappa shape index (κ3) is 4.11. The molecule has 0 bridgehead atoms. The van der Waals surface area contributed by atoms with Gasteiger partial charge in [-0.3, -0.25) is 4.79 Å². The highest BCUT2D eigenvalue weighted by atomic mass is 19.1. The first kappa shape index (κ1) is 14.6. The van der Waals surface area contributed by atoms with Gasteiger partial charge in [-0.1, -0.05) is 20.8 Å². The number of primary amides is 1. The minimum Gasteiger partial charge on any atom is -0.366 e. The predicted octanol–water partition coefficient (Wildman–Crippen LogP) is 2.31. The van der Waals surface area contributed by atoms with Crippen LogP contribution in [0.15, 0.2) is 18.2 Å². The second kappa shape index (κ2) is 6.50. The number of hydrogen-bond donors (Lipinski definition) is 2. The predicted molar refractivity (Wildman–Crippen MR) is 70.6 cm³/mol. The maximum atomic E-state index is 13.5. The zero-order chi connectivity index (χ0) is 13.7. The van der Waals surface area contributed by atoms with E-state index in [1.165, 1.54) is 18.2 Å². The van der Waals surface area contributed by atoms with Gasteiger partial charge < -0.3 is 11.1 Å². The smallest absolute Gasteiger partial charge is 0.248 e. The lowest BCUT2D eigenvalue weighted by molar-refractivity contribution is 0.1000. The van der Waals surface area contributed by atoms with Crippen LogP contribution in [-0.4, -0.2) is 12.5 Å². The van der Waals surface area contributed by atoms with Gasteiger partial charge in [0, 0.05) is 17.7 Å². The van der Waals surface area contributed by atoms with Crippen LogP contribution in [0.4, 0.5) is 4.39 Å². The number of amides is 1. The Labute approximate surface area is 108 Å². The number of benzene rings is 1. The Morgan fingerprint density at radius 2 is 2.06 bits per heavy atom. The lowest BCUT2D eigenvalue weighted by Gasteiger charge is -2.16. The van der Waals surface area contributed by atoms with E-state index in [-0.39, 0.29) is 5.82 Å². The van der Waals surface area contributed by atoms with Crippen molar-refractivity contribution in [2.75, 3.05) is 6.54 Å². The molecule has 0 fully saturated rings. The molecule has 0 aliphatic heterocycles.